The molecule has 0 aliphatic carbocycles. The zero-order chi connectivity index (χ0) is 21.2. The van der Waals surface area contributed by atoms with Gasteiger partial charge in [0.05, 0.1) is 12.0 Å². The van der Waals surface area contributed by atoms with E-state index in [9.17, 15) is 22.0 Å². The van der Waals surface area contributed by atoms with E-state index >= 15 is 0 Å². The number of benzene rings is 2. The van der Waals surface area contributed by atoms with Gasteiger partial charge in [-0.3, -0.25) is 4.79 Å². The number of amides is 1. The van der Waals surface area contributed by atoms with Crippen molar-refractivity contribution in [1.29, 1.82) is 0 Å². The van der Waals surface area contributed by atoms with E-state index in [0.717, 1.165) is 17.7 Å². The molecule has 0 aromatic heterocycles. The summed E-state index contributed by atoms with van der Waals surface area (Å²) in [5.41, 5.74) is 0.882. The van der Waals surface area contributed by atoms with Crippen LogP contribution < -0.4 is 10.1 Å². The summed E-state index contributed by atoms with van der Waals surface area (Å²) in [5.74, 6) is -2.18. The number of nitrogens with zero attached hydrogens (tertiary/aromatic N) is 1. The summed E-state index contributed by atoms with van der Waals surface area (Å²) < 4.78 is 58.6. The topological polar surface area (TPSA) is 75.7 Å². The zero-order valence-electron chi connectivity index (χ0n) is 16.1. The van der Waals surface area contributed by atoms with Gasteiger partial charge in [-0.1, -0.05) is 0 Å². The Morgan fingerprint density at radius 3 is 2.38 bits per heavy atom. The van der Waals surface area contributed by atoms with Crippen LogP contribution in [0.1, 0.15) is 18.4 Å². The predicted molar refractivity (Wildman–Crippen MR) is 104 cm³/mol. The van der Waals surface area contributed by atoms with Crippen molar-refractivity contribution in [2.75, 3.05) is 25.5 Å². The molecule has 0 spiro atoms. The number of carbonyl (C=O) groups excluding carboxylic acids is 1. The van der Waals surface area contributed by atoms with Crippen molar-refractivity contribution < 1.29 is 26.7 Å². The predicted octanol–water partition coefficient (Wildman–Crippen LogP) is 3.32. The molecule has 1 N–H and O–H groups in total. The Morgan fingerprint density at radius 2 is 1.79 bits per heavy atom. The van der Waals surface area contributed by atoms with Gasteiger partial charge in [-0.2, -0.15) is 4.31 Å². The lowest BCUT2D eigenvalue weighted by Gasteiger charge is -2.30. The van der Waals surface area contributed by atoms with E-state index in [0.29, 0.717) is 18.6 Å². The molecule has 0 radical (unpaired) electrons. The Kier molecular flexibility index (Phi) is 6.18. The third-order valence-electron chi connectivity index (χ3n) is 5.02. The fraction of sp³-hybridized carbons (Fsp3) is 0.350. The first kappa shape index (κ1) is 21.2. The summed E-state index contributed by atoms with van der Waals surface area (Å²) in [4.78, 5) is 12.6. The van der Waals surface area contributed by atoms with Crippen molar-refractivity contribution in [3.8, 4) is 5.75 Å². The fourth-order valence-corrected chi connectivity index (χ4v) is 4.89. The highest BCUT2D eigenvalue weighted by atomic mass is 32.2. The normalized spacial score (nSPS) is 15.9. The first-order valence-electron chi connectivity index (χ1n) is 9.13. The van der Waals surface area contributed by atoms with E-state index in [2.05, 4.69) is 5.32 Å². The number of piperidine rings is 1. The molecule has 0 bridgehead atoms. The van der Waals surface area contributed by atoms with E-state index < -0.39 is 27.6 Å². The van der Waals surface area contributed by atoms with Crippen molar-refractivity contribution in [2.45, 2.75) is 24.7 Å². The summed E-state index contributed by atoms with van der Waals surface area (Å²) in [6.07, 6.45) is 0.674. The van der Waals surface area contributed by atoms with Crippen LogP contribution in [-0.4, -0.2) is 38.8 Å². The Hall–Kier alpha value is -2.52. The van der Waals surface area contributed by atoms with Crippen LogP contribution in [0.15, 0.2) is 41.3 Å². The van der Waals surface area contributed by atoms with Crippen LogP contribution >= 0.6 is 0 Å². The maximum Gasteiger partial charge on any atom is 0.243 e. The van der Waals surface area contributed by atoms with Crippen LogP contribution in [0, 0.1) is 24.5 Å². The Labute approximate surface area is 168 Å². The minimum atomic E-state index is -3.67. The summed E-state index contributed by atoms with van der Waals surface area (Å²) in [6, 6.07) is 7.82. The minimum Gasteiger partial charge on any atom is -0.496 e. The van der Waals surface area contributed by atoms with Gasteiger partial charge in [-0.05, 0) is 55.7 Å². The van der Waals surface area contributed by atoms with Crippen molar-refractivity contribution in [1.82, 2.24) is 4.31 Å². The molecule has 1 saturated heterocycles. The molecule has 0 saturated carbocycles. The van der Waals surface area contributed by atoms with Gasteiger partial charge in [-0.15, -0.1) is 0 Å². The number of rotatable bonds is 5. The van der Waals surface area contributed by atoms with Gasteiger partial charge in [0.15, 0.2) is 11.6 Å². The first-order valence-corrected chi connectivity index (χ1v) is 10.6. The number of sulfonamides is 1. The highest BCUT2D eigenvalue weighted by molar-refractivity contribution is 7.89. The van der Waals surface area contributed by atoms with Crippen LogP contribution in [0.3, 0.4) is 0 Å². The molecule has 0 unspecified atom stereocenters. The fourth-order valence-electron chi connectivity index (χ4n) is 3.34. The molecule has 1 aliphatic heterocycles. The molecule has 1 fully saturated rings. The third kappa shape index (κ3) is 4.56. The van der Waals surface area contributed by atoms with Crippen molar-refractivity contribution in [3.05, 3.63) is 53.6 Å². The molecule has 0 atom stereocenters. The van der Waals surface area contributed by atoms with E-state index in [4.69, 9.17) is 4.74 Å². The van der Waals surface area contributed by atoms with Crippen LogP contribution in [0.2, 0.25) is 0 Å². The molecule has 1 heterocycles. The quantitative estimate of drug-likeness (QED) is 0.799. The summed E-state index contributed by atoms with van der Waals surface area (Å²) in [7, 11) is -2.15. The van der Waals surface area contributed by atoms with E-state index in [1.165, 1.54) is 23.5 Å². The van der Waals surface area contributed by atoms with Gasteiger partial charge in [0.25, 0.3) is 0 Å². The number of hydrogen-bond acceptors (Lipinski definition) is 4. The lowest BCUT2D eigenvalue weighted by Crippen LogP contribution is -2.41. The number of anilines is 1. The lowest BCUT2D eigenvalue weighted by atomic mass is 9.97. The smallest absolute Gasteiger partial charge is 0.243 e. The number of halogens is 2. The average molecular weight is 424 g/mol. The Morgan fingerprint density at radius 1 is 1.10 bits per heavy atom. The van der Waals surface area contributed by atoms with Gasteiger partial charge in [0.1, 0.15) is 5.75 Å². The molecule has 2 aromatic carbocycles. The number of aryl methyl sites for hydroxylation is 1. The van der Waals surface area contributed by atoms with Crippen LogP contribution in [0.5, 0.6) is 5.75 Å². The maximum absolute atomic E-state index is 13.3. The number of methoxy groups -OCH3 is 1. The number of hydrogen-bond donors (Lipinski definition) is 1. The van der Waals surface area contributed by atoms with Gasteiger partial charge in [0, 0.05) is 30.8 Å². The number of nitrogens with one attached hydrogen (secondary N) is 1. The van der Waals surface area contributed by atoms with E-state index in [1.54, 1.807) is 19.1 Å². The zero-order valence-corrected chi connectivity index (χ0v) is 16.9. The first-order chi connectivity index (χ1) is 13.7. The Bertz CT molecular complexity index is 1020. The molecule has 1 aliphatic rings. The van der Waals surface area contributed by atoms with Gasteiger partial charge in [0.2, 0.25) is 15.9 Å². The van der Waals surface area contributed by atoms with Gasteiger partial charge >= 0.3 is 0 Å². The molecule has 6 nitrogen and oxygen atoms in total. The maximum atomic E-state index is 13.3. The van der Waals surface area contributed by atoms with Crippen LogP contribution in [-0.2, 0) is 14.8 Å². The number of ether oxygens (including phenoxy) is 1. The van der Waals surface area contributed by atoms with E-state index in [1.807, 2.05) is 0 Å². The second-order valence-corrected chi connectivity index (χ2v) is 8.87. The van der Waals surface area contributed by atoms with Gasteiger partial charge in [-0.25, -0.2) is 17.2 Å². The second kappa shape index (κ2) is 8.46. The monoisotopic (exact) mass is 424 g/mol. The summed E-state index contributed by atoms with van der Waals surface area (Å²) in [5, 5.41) is 2.56. The molecular weight excluding hydrogens is 402 g/mol. The van der Waals surface area contributed by atoms with Crippen molar-refractivity contribution in [2.24, 2.45) is 5.92 Å². The third-order valence-corrected chi connectivity index (χ3v) is 6.91. The standard InChI is InChI=1S/C20H22F2N2O4S/c1-13-11-16(4-6-19(13)28-2)29(26,27)24-9-7-14(8-10-24)20(25)23-15-3-5-17(21)18(22)12-15/h3-6,11-12,14H,7-10H2,1-2H3,(H,23,25). The second-order valence-electron chi connectivity index (χ2n) is 6.93. The SMILES string of the molecule is COc1ccc(S(=O)(=O)N2CCC(C(=O)Nc3ccc(F)c(F)c3)CC2)cc1C. The van der Waals surface area contributed by atoms with E-state index in [-0.39, 0.29) is 29.6 Å². The molecule has 29 heavy (non-hydrogen) atoms. The highest BCUT2D eigenvalue weighted by Gasteiger charge is 2.32. The highest BCUT2D eigenvalue weighted by Crippen LogP contribution is 2.28. The molecule has 1 amide bonds. The van der Waals surface area contributed by atoms with Crippen LogP contribution in [0.25, 0.3) is 0 Å². The largest absolute Gasteiger partial charge is 0.496 e. The molecule has 156 valence electrons. The lowest BCUT2D eigenvalue weighted by molar-refractivity contribution is -0.120. The number of carbonyl (C=O) groups is 1. The molecule has 9 heteroatoms. The molecule has 3 rings (SSSR count). The van der Waals surface area contributed by atoms with Crippen LogP contribution in [0.4, 0.5) is 14.5 Å². The average Bonchev–Trinajstić information content (AvgIpc) is 2.70. The summed E-state index contributed by atoms with van der Waals surface area (Å²) >= 11 is 0. The van der Waals surface area contributed by atoms with Gasteiger partial charge < -0.3 is 10.1 Å². The van der Waals surface area contributed by atoms with Crippen molar-refractivity contribution in [3.63, 3.8) is 0 Å². The molecular formula is C20H22F2N2O4S. The van der Waals surface area contributed by atoms with Crippen molar-refractivity contribution >= 4 is 21.6 Å². The summed E-state index contributed by atoms with van der Waals surface area (Å²) in [6.45, 7) is 2.17. The molecule has 2 aromatic rings. The minimum absolute atomic E-state index is 0.164. The Balaban J connectivity index is 1.64.